The highest BCUT2D eigenvalue weighted by molar-refractivity contribution is 5.32. The van der Waals surface area contributed by atoms with Gasteiger partial charge in [0.15, 0.2) is 0 Å². The largest absolute Gasteiger partial charge is 0.424 e. The lowest BCUT2D eigenvalue weighted by atomic mass is 10.2. The number of benzene rings is 1. The summed E-state index contributed by atoms with van der Waals surface area (Å²) >= 11 is 0. The molecule has 0 amide bonds. The Morgan fingerprint density at radius 3 is 2.24 bits per heavy atom. The van der Waals surface area contributed by atoms with Gasteiger partial charge >= 0.3 is 5.69 Å². The van der Waals surface area contributed by atoms with Crippen LogP contribution in [0.3, 0.4) is 0 Å². The van der Waals surface area contributed by atoms with Crippen molar-refractivity contribution in [2.24, 2.45) is 0 Å². The first kappa shape index (κ1) is 11.2. The van der Waals surface area contributed by atoms with E-state index in [1.54, 1.807) is 37.3 Å². The van der Waals surface area contributed by atoms with Crippen LogP contribution in [0.4, 0.5) is 0 Å². The molecule has 0 saturated carbocycles. The molecule has 5 nitrogen and oxygen atoms in total. The van der Waals surface area contributed by atoms with Crippen LogP contribution in [0.5, 0.6) is 0 Å². The number of aromatic nitrogens is 2. The van der Waals surface area contributed by atoms with Crippen molar-refractivity contribution in [3.05, 3.63) is 62.4 Å². The van der Waals surface area contributed by atoms with E-state index >= 15 is 0 Å². The average molecular weight is 232 g/mol. The van der Waals surface area contributed by atoms with Crippen molar-refractivity contribution in [3.8, 4) is 5.69 Å². The van der Waals surface area contributed by atoms with Crippen molar-refractivity contribution in [2.75, 3.05) is 0 Å². The minimum absolute atomic E-state index is 0.257. The van der Waals surface area contributed by atoms with Gasteiger partial charge in [0, 0.05) is 5.56 Å². The lowest BCUT2D eigenvalue weighted by Crippen LogP contribution is -2.40. The van der Waals surface area contributed by atoms with Crippen molar-refractivity contribution >= 4 is 0 Å². The van der Waals surface area contributed by atoms with Crippen LogP contribution in [0.15, 0.2) is 39.9 Å². The standard InChI is InChI=1S/C12H12N2O3/c1-8-9(2)14(17)12(16)13(11(8)15)10-6-4-3-5-7-10/h3-7,17H,1-2H3. The van der Waals surface area contributed by atoms with Crippen LogP contribution < -0.4 is 11.2 Å². The molecule has 17 heavy (non-hydrogen) atoms. The quantitative estimate of drug-likeness (QED) is 0.741. The molecule has 0 fully saturated rings. The predicted molar refractivity (Wildman–Crippen MR) is 63.0 cm³/mol. The van der Waals surface area contributed by atoms with Crippen molar-refractivity contribution in [3.63, 3.8) is 0 Å². The molecule has 0 spiro atoms. The fourth-order valence-electron chi connectivity index (χ4n) is 1.61. The van der Waals surface area contributed by atoms with Gasteiger partial charge in [-0.2, -0.15) is 0 Å². The lowest BCUT2D eigenvalue weighted by Gasteiger charge is -2.10. The number of hydrogen-bond acceptors (Lipinski definition) is 3. The highest BCUT2D eigenvalue weighted by Gasteiger charge is 2.13. The topological polar surface area (TPSA) is 64.2 Å². The zero-order chi connectivity index (χ0) is 12.6. The summed E-state index contributed by atoms with van der Waals surface area (Å²) in [5, 5.41) is 9.60. The molecule has 2 rings (SSSR count). The number of nitrogens with zero attached hydrogens (tertiary/aromatic N) is 2. The summed E-state index contributed by atoms with van der Waals surface area (Å²) < 4.78 is 1.44. The van der Waals surface area contributed by atoms with Crippen LogP contribution in [-0.2, 0) is 0 Å². The van der Waals surface area contributed by atoms with Crippen LogP contribution in [0.25, 0.3) is 5.69 Å². The van der Waals surface area contributed by atoms with E-state index in [2.05, 4.69) is 0 Å². The van der Waals surface area contributed by atoms with Gasteiger partial charge in [0.2, 0.25) is 0 Å². The van der Waals surface area contributed by atoms with E-state index in [1.165, 1.54) is 6.92 Å². The Morgan fingerprint density at radius 1 is 1.06 bits per heavy atom. The van der Waals surface area contributed by atoms with Crippen LogP contribution in [0.1, 0.15) is 11.3 Å². The van der Waals surface area contributed by atoms with Gasteiger partial charge in [-0.3, -0.25) is 4.79 Å². The molecular weight excluding hydrogens is 220 g/mol. The van der Waals surface area contributed by atoms with Crippen molar-refractivity contribution in [1.82, 2.24) is 9.30 Å². The van der Waals surface area contributed by atoms with Gasteiger partial charge in [0.05, 0.1) is 11.4 Å². The second kappa shape index (κ2) is 3.93. The Morgan fingerprint density at radius 2 is 1.65 bits per heavy atom. The number of hydrogen-bond donors (Lipinski definition) is 1. The molecule has 1 N–H and O–H groups in total. The summed E-state index contributed by atoms with van der Waals surface area (Å²) in [4.78, 5) is 23.8. The van der Waals surface area contributed by atoms with Crippen LogP contribution in [0.2, 0.25) is 0 Å². The highest BCUT2D eigenvalue weighted by atomic mass is 16.5. The molecule has 0 atom stereocenters. The van der Waals surface area contributed by atoms with Gasteiger partial charge in [0.1, 0.15) is 0 Å². The zero-order valence-corrected chi connectivity index (χ0v) is 9.54. The maximum absolute atomic E-state index is 12.0. The van der Waals surface area contributed by atoms with E-state index in [1.807, 2.05) is 0 Å². The Labute approximate surface area is 97.1 Å². The van der Waals surface area contributed by atoms with Gasteiger partial charge in [-0.1, -0.05) is 18.2 Å². The second-order valence-corrected chi connectivity index (χ2v) is 3.78. The molecule has 0 bridgehead atoms. The van der Waals surface area contributed by atoms with Gasteiger partial charge in [-0.15, -0.1) is 4.73 Å². The monoisotopic (exact) mass is 232 g/mol. The Hall–Kier alpha value is -2.30. The van der Waals surface area contributed by atoms with Crippen molar-refractivity contribution < 1.29 is 5.21 Å². The summed E-state index contributed by atoms with van der Waals surface area (Å²) in [6, 6.07) is 8.50. The minimum Gasteiger partial charge on any atom is -0.424 e. The lowest BCUT2D eigenvalue weighted by molar-refractivity contribution is 0.159. The van der Waals surface area contributed by atoms with Crippen molar-refractivity contribution in [2.45, 2.75) is 13.8 Å². The van der Waals surface area contributed by atoms with Crippen LogP contribution in [0, 0.1) is 13.8 Å². The van der Waals surface area contributed by atoms with E-state index in [4.69, 9.17) is 0 Å². The molecular formula is C12H12N2O3. The van der Waals surface area contributed by atoms with Crippen LogP contribution in [-0.4, -0.2) is 14.5 Å². The molecule has 2 aromatic rings. The molecule has 0 aliphatic rings. The summed E-state index contributed by atoms with van der Waals surface area (Å²) in [5.74, 6) is 0. The molecule has 5 heteroatoms. The predicted octanol–water partition coefficient (Wildman–Crippen LogP) is 0.853. The fraction of sp³-hybridized carbons (Fsp3) is 0.167. The average Bonchev–Trinajstić information content (AvgIpc) is 2.36. The second-order valence-electron chi connectivity index (χ2n) is 3.78. The third-order valence-electron chi connectivity index (χ3n) is 2.77. The fourth-order valence-corrected chi connectivity index (χ4v) is 1.61. The van der Waals surface area contributed by atoms with E-state index in [0.717, 1.165) is 4.57 Å². The Kier molecular flexibility index (Phi) is 2.59. The van der Waals surface area contributed by atoms with E-state index < -0.39 is 11.2 Å². The molecule has 0 saturated heterocycles. The third kappa shape index (κ3) is 1.65. The molecule has 88 valence electrons. The summed E-state index contributed by atoms with van der Waals surface area (Å²) in [6.07, 6.45) is 0. The van der Waals surface area contributed by atoms with Crippen molar-refractivity contribution in [1.29, 1.82) is 0 Å². The third-order valence-corrected chi connectivity index (χ3v) is 2.77. The summed E-state index contributed by atoms with van der Waals surface area (Å²) in [5.41, 5.74) is -0.134. The molecule has 1 aromatic heterocycles. The SMILES string of the molecule is Cc1c(C)n(O)c(=O)n(-c2ccccc2)c1=O. The molecule has 0 unspecified atom stereocenters. The number of para-hydroxylation sites is 1. The minimum atomic E-state index is -0.760. The highest BCUT2D eigenvalue weighted by Crippen LogP contribution is 2.03. The maximum Gasteiger partial charge on any atom is 0.368 e. The zero-order valence-electron chi connectivity index (χ0n) is 9.54. The molecule has 1 heterocycles. The Bertz CT molecular complexity index is 631. The van der Waals surface area contributed by atoms with Gasteiger partial charge in [-0.05, 0) is 26.0 Å². The molecule has 0 aliphatic carbocycles. The van der Waals surface area contributed by atoms with Gasteiger partial charge in [-0.25, -0.2) is 9.36 Å². The first-order chi connectivity index (χ1) is 8.04. The maximum atomic E-state index is 12.0. The summed E-state index contributed by atoms with van der Waals surface area (Å²) in [7, 11) is 0. The first-order valence-corrected chi connectivity index (χ1v) is 5.14. The normalized spacial score (nSPS) is 10.5. The molecule has 0 aliphatic heterocycles. The van der Waals surface area contributed by atoms with Crippen LogP contribution >= 0.6 is 0 Å². The molecule has 1 aromatic carbocycles. The molecule has 0 radical (unpaired) electrons. The van der Waals surface area contributed by atoms with E-state index in [-0.39, 0.29) is 5.69 Å². The first-order valence-electron chi connectivity index (χ1n) is 5.14. The van der Waals surface area contributed by atoms with Gasteiger partial charge in [0.25, 0.3) is 5.56 Å². The van der Waals surface area contributed by atoms with E-state index in [0.29, 0.717) is 16.0 Å². The number of rotatable bonds is 1. The smallest absolute Gasteiger partial charge is 0.368 e. The van der Waals surface area contributed by atoms with Gasteiger partial charge < -0.3 is 5.21 Å². The summed E-state index contributed by atoms with van der Waals surface area (Å²) in [6.45, 7) is 3.09. The Balaban J connectivity index is 2.90. The van der Waals surface area contributed by atoms with E-state index in [9.17, 15) is 14.8 Å².